The van der Waals surface area contributed by atoms with Gasteiger partial charge in [0.25, 0.3) is 0 Å². The van der Waals surface area contributed by atoms with Gasteiger partial charge in [-0.2, -0.15) is 0 Å². The van der Waals surface area contributed by atoms with Crippen LogP contribution in [0.4, 0.5) is 5.82 Å². The molecule has 0 aliphatic carbocycles. The van der Waals surface area contributed by atoms with E-state index in [1.165, 1.54) is 0 Å². The van der Waals surface area contributed by atoms with Crippen LogP contribution in [0.1, 0.15) is 18.5 Å². The zero-order chi connectivity index (χ0) is 12.3. The molecule has 2 aromatic rings. The summed E-state index contributed by atoms with van der Waals surface area (Å²) in [5, 5.41) is 4.29. The van der Waals surface area contributed by atoms with Crippen LogP contribution in [0.3, 0.4) is 0 Å². The summed E-state index contributed by atoms with van der Waals surface area (Å²) in [5.74, 6) is 0.580. The van der Waals surface area contributed by atoms with Crippen LogP contribution in [-0.2, 0) is 0 Å². The minimum Gasteiger partial charge on any atom is -0.361 e. The molecule has 1 aromatic carbocycles. The predicted octanol–water partition coefficient (Wildman–Crippen LogP) is 3.96. The van der Waals surface area contributed by atoms with Gasteiger partial charge < -0.3 is 5.32 Å². The molecule has 0 fully saturated rings. The van der Waals surface area contributed by atoms with Gasteiger partial charge >= 0.3 is 0 Å². The SMILES string of the molecule is CC(Nc1nccnc1Cl)c1ccc(Cl)cc1. The highest BCUT2D eigenvalue weighted by atomic mass is 35.5. The van der Waals surface area contributed by atoms with Crippen LogP contribution in [-0.4, -0.2) is 9.97 Å². The number of nitrogens with one attached hydrogen (secondary N) is 1. The summed E-state index contributed by atoms with van der Waals surface area (Å²) in [6.45, 7) is 2.02. The Balaban J connectivity index is 2.14. The molecule has 1 N–H and O–H groups in total. The van der Waals surface area contributed by atoms with Gasteiger partial charge in [-0.3, -0.25) is 0 Å². The van der Waals surface area contributed by atoms with Crippen LogP contribution in [0.5, 0.6) is 0 Å². The van der Waals surface area contributed by atoms with E-state index in [9.17, 15) is 0 Å². The maximum Gasteiger partial charge on any atom is 0.171 e. The van der Waals surface area contributed by atoms with Crippen LogP contribution >= 0.6 is 23.2 Å². The van der Waals surface area contributed by atoms with Crippen molar-refractivity contribution in [2.45, 2.75) is 13.0 Å². The van der Waals surface area contributed by atoms with Gasteiger partial charge in [0.05, 0.1) is 6.04 Å². The first kappa shape index (κ1) is 12.1. The number of anilines is 1. The Hall–Kier alpha value is -1.32. The quantitative estimate of drug-likeness (QED) is 0.915. The third kappa shape index (κ3) is 3.08. The molecule has 0 radical (unpaired) electrons. The van der Waals surface area contributed by atoms with Crippen LogP contribution in [0.15, 0.2) is 36.7 Å². The zero-order valence-electron chi connectivity index (χ0n) is 9.19. The van der Waals surface area contributed by atoms with Gasteiger partial charge in [0, 0.05) is 17.4 Å². The molecule has 17 heavy (non-hydrogen) atoms. The second-order valence-electron chi connectivity index (χ2n) is 3.61. The van der Waals surface area contributed by atoms with E-state index < -0.39 is 0 Å². The fraction of sp³-hybridized carbons (Fsp3) is 0.167. The molecule has 1 heterocycles. The maximum absolute atomic E-state index is 5.92. The number of aromatic nitrogens is 2. The van der Waals surface area contributed by atoms with E-state index in [4.69, 9.17) is 23.2 Å². The van der Waals surface area contributed by atoms with Gasteiger partial charge in [-0.15, -0.1) is 0 Å². The number of nitrogens with zero attached hydrogens (tertiary/aromatic N) is 2. The van der Waals surface area contributed by atoms with E-state index in [0.29, 0.717) is 11.0 Å². The number of halogens is 2. The normalized spacial score (nSPS) is 12.2. The summed E-state index contributed by atoms with van der Waals surface area (Å²) in [4.78, 5) is 8.09. The first-order valence-electron chi connectivity index (χ1n) is 5.15. The summed E-state index contributed by atoms with van der Waals surface area (Å²) in [6, 6.07) is 7.72. The Morgan fingerprint density at radius 1 is 1.06 bits per heavy atom. The largest absolute Gasteiger partial charge is 0.361 e. The van der Waals surface area contributed by atoms with Gasteiger partial charge in [0.1, 0.15) is 0 Å². The summed E-state index contributed by atoms with van der Waals surface area (Å²) >= 11 is 11.8. The van der Waals surface area contributed by atoms with Gasteiger partial charge in [-0.05, 0) is 24.6 Å². The highest BCUT2D eigenvalue weighted by Crippen LogP contribution is 2.22. The molecule has 0 saturated heterocycles. The van der Waals surface area contributed by atoms with E-state index in [1.54, 1.807) is 12.4 Å². The van der Waals surface area contributed by atoms with E-state index >= 15 is 0 Å². The predicted molar refractivity (Wildman–Crippen MR) is 70.5 cm³/mol. The summed E-state index contributed by atoms with van der Waals surface area (Å²) in [7, 11) is 0. The number of rotatable bonds is 3. The smallest absolute Gasteiger partial charge is 0.171 e. The second-order valence-corrected chi connectivity index (χ2v) is 4.41. The van der Waals surface area contributed by atoms with Crippen molar-refractivity contribution >= 4 is 29.0 Å². The van der Waals surface area contributed by atoms with Crippen molar-refractivity contribution in [1.29, 1.82) is 0 Å². The topological polar surface area (TPSA) is 37.8 Å². The lowest BCUT2D eigenvalue weighted by atomic mass is 10.1. The lowest BCUT2D eigenvalue weighted by Gasteiger charge is -2.15. The van der Waals surface area contributed by atoms with E-state index in [2.05, 4.69) is 15.3 Å². The number of hydrogen-bond acceptors (Lipinski definition) is 3. The van der Waals surface area contributed by atoms with Crippen molar-refractivity contribution in [2.75, 3.05) is 5.32 Å². The van der Waals surface area contributed by atoms with Crippen LogP contribution in [0.2, 0.25) is 10.2 Å². The molecule has 5 heteroatoms. The van der Waals surface area contributed by atoms with E-state index in [1.807, 2.05) is 31.2 Å². The third-order valence-electron chi connectivity index (χ3n) is 2.38. The van der Waals surface area contributed by atoms with Gasteiger partial charge in [-0.1, -0.05) is 35.3 Å². The molecule has 1 atom stereocenters. The van der Waals surface area contributed by atoms with Crippen LogP contribution in [0, 0.1) is 0 Å². The molecule has 1 unspecified atom stereocenters. The first-order valence-corrected chi connectivity index (χ1v) is 5.91. The monoisotopic (exact) mass is 267 g/mol. The summed E-state index contributed by atoms with van der Waals surface area (Å²) in [6.07, 6.45) is 3.16. The minimum absolute atomic E-state index is 0.0847. The zero-order valence-corrected chi connectivity index (χ0v) is 10.7. The van der Waals surface area contributed by atoms with Gasteiger partial charge in [0.2, 0.25) is 0 Å². The van der Waals surface area contributed by atoms with Gasteiger partial charge in [-0.25, -0.2) is 9.97 Å². The Kier molecular flexibility index (Phi) is 3.82. The highest BCUT2D eigenvalue weighted by molar-refractivity contribution is 6.31. The van der Waals surface area contributed by atoms with Crippen molar-refractivity contribution < 1.29 is 0 Å². The molecule has 1 aromatic heterocycles. The van der Waals surface area contributed by atoms with E-state index in [-0.39, 0.29) is 6.04 Å². The Morgan fingerprint density at radius 3 is 2.35 bits per heavy atom. The number of benzene rings is 1. The van der Waals surface area contributed by atoms with Crippen molar-refractivity contribution in [3.8, 4) is 0 Å². The lowest BCUT2D eigenvalue weighted by molar-refractivity contribution is 0.871. The fourth-order valence-corrected chi connectivity index (χ4v) is 1.74. The van der Waals surface area contributed by atoms with Crippen molar-refractivity contribution in [3.63, 3.8) is 0 Å². The average molecular weight is 268 g/mol. The molecular weight excluding hydrogens is 257 g/mol. The molecular formula is C12H11Cl2N3. The van der Waals surface area contributed by atoms with Crippen molar-refractivity contribution in [3.05, 3.63) is 52.4 Å². The Morgan fingerprint density at radius 2 is 1.71 bits per heavy atom. The lowest BCUT2D eigenvalue weighted by Crippen LogP contribution is -2.08. The molecule has 3 nitrogen and oxygen atoms in total. The highest BCUT2D eigenvalue weighted by Gasteiger charge is 2.08. The maximum atomic E-state index is 5.92. The molecule has 0 spiro atoms. The molecule has 0 amide bonds. The van der Waals surface area contributed by atoms with Gasteiger partial charge in [0.15, 0.2) is 11.0 Å². The summed E-state index contributed by atoms with van der Waals surface area (Å²) < 4.78 is 0. The Bertz CT molecular complexity index is 499. The molecule has 0 aliphatic rings. The van der Waals surface area contributed by atoms with E-state index in [0.717, 1.165) is 10.6 Å². The van der Waals surface area contributed by atoms with Crippen molar-refractivity contribution in [2.24, 2.45) is 0 Å². The molecule has 2 rings (SSSR count). The average Bonchev–Trinajstić information content (AvgIpc) is 2.33. The number of hydrogen-bond donors (Lipinski definition) is 1. The fourth-order valence-electron chi connectivity index (χ4n) is 1.46. The van der Waals surface area contributed by atoms with Crippen LogP contribution < -0.4 is 5.32 Å². The third-order valence-corrected chi connectivity index (χ3v) is 2.91. The molecule has 0 bridgehead atoms. The Labute approximate surface area is 110 Å². The standard InChI is InChI=1S/C12H11Cl2N3/c1-8(9-2-4-10(13)5-3-9)17-12-11(14)15-6-7-16-12/h2-8H,1H3,(H,16,17). The molecule has 0 saturated carbocycles. The van der Waals surface area contributed by atoms with Crippen LogP contribution in [0.25, 0.3) is 0 Å². The molecule has 0 aliphatic heterocycles. The van der Waals surface area contributed by atoms with Crippen molar-refractivity contribution in [1.82, 2.24) is 9.97 Å². The second kappa shape index (κ2) is 5.34. The minimum atomic E-state index is 0.0847. The summed E-state index contributed by atoms with van der Waals surface area (Å²) in [5.41, 5.74) is 1.11. The molecule has 88 valence electrons. The first-order chi connectivity index (χ1) is 8.16.